The molecule has 0 unspecified atom stereocenters. The number of aryl methyl sites for hydroxylation is 1. The van der Waals surface area contributed by atoms with Crippen LogP contribution in [0.25, 0.3) is 0 Å². The molecule has 0 bridgehead atoms. The molecule has 1 saturated carbocycles. The summed E-state index contributed by atoms with van der Waals surface area (Å²) in [4.78, 5) is 12.7. The van der Waals surface area contributed by atoms with E-state index >= 15 is 0 Å². The average molecular weight is 357 g/mol. The molecule has 3 rings (SSSR count). The van der Waals surface area contributed by atoms with E-state index in [9.17, 15) is 13.6 Å². The summed E-state index contributed by atoms with van der Waals surface area (Å²) in [6.07, 6.45) is 7.81. The number of carbonyl (C=O) groups is 1. The SMILES string of the molecule is COC1(C(F)(F)C(=O)O)CN(Cc2cn(C)nc2C2CCCCC2)C1. The highest BCUT2D eigenvalue weighted by Crippen LogP contribution is 2.41. The number of alkyl halides is 2. The standard InChI is InChI=1S/C17H25F2N3O3/c1-21-8-13(14(20-21)12-6-4-3-5-7-12)9-22-10-16(11-22,25-2)17(18,19)15(23)24/h8,12H,3-7,9-11H2,1-2H3,(H,23,24). The minimum absolute atomic E-state index is 0.109. The third-order valence-corrected chi connectivity index (χ3v) is 5.51. The molecule has 1 aromatic heterocycles. The fraction of sp³-hybridized carbons (Fsp3) is 0.765. The molecule has 140 valence electrons. The van der Waals surface area contributed by atoms with Crippen LogP contribution in [0.3, 0.4) is 0 Å². The largest absolute Gasteiger partial charge is 0.477 e. The maximum Gasteiger partial charge on any atom is 0.377 e. The average Bonchev–Trinajstić information content (AvgIpc) is 2.91. The monoisotopic (exact) mass is 357 g/mol. The van der Waals surface area contributed by atoms with Gasteiger partial charge in [0.25, 0.3) is 0 Å². The van der Waals surface area contributed by atoms with Crippen molar-refractivity contribution in [1.29, 1.82) is 0 Å². The van der Waals surface area contributed by atoms with Crippen LogP contribution in [0.1, 0.15) is 49.3 Å². The van der Waals surface area contributed by atoms with E-state index in [1.807, 2.05) is 13.2 Å². The van der Waals surface area contributed by atoms with E-state index < -0.39 is 17.5 Å². The number of aliphatic carboxylic acids is 1. The van der Waals surface area contributed by atoms with Gasteiger partial charge in [0, 0.05) is 51.5 Å². The Morgan fingerprint density at radius 3 is 2.60 bits per heavy atom. The van der Waals surface area contributed by atoms with Crippen LogP contribution in [0.4, 0.5) is 8.78 Å². The van der Waals surface area contributed by atoms with Crippen molar-refractivity contribution in [1.82, 2.24) is 14.7 Å². The summed E-state index contributed by atoms with van der Waals surface area (Å²) in [6, 6.07) is 0. The van der Waals surface area contributed by atoms with Crippen LogP contribution in [0.2, 0.25) is 0 Å². The molecule has 25 heavy (non-hydrogen) atoms. The Hall–Kier alpha value is -1.54. The molecule has 0 spiro atoms. The Bertz CT molecular complexity index is 635. The van der Waals surface area contributed by atoms with Crippen LogP contribution in [0, 0.1) is 0 Å². The molecule has 0 atom stereocenters. The van der Waals surface area contributed by atoms with Gasteiger partial charge in [-0.25, -0.2) is 4.79 Å². The molecule has 0 radical (unpaired) electrons. The number of aromatic nitrogens is 2. The Labute approximate surface area is 145 Å². The topological polar surface area (TPSA) is 67.6 Å². The van der Waals surface area contributed by atoms with E-state index in [1.54, 1.807) is 9.58 Å². The number of carboxylic acid groups (broad SMARTS) is 1. The normalized spacial score (nSPS) is 21.9. The predicted octanol–water partition coefficient (Wildman–Crippen LogP) is 2.39. The minimum Gasteiger partial charge on any atom is -0.477 e. The highest BCUT2D eigenvalue weighted by Gasteiger charge is 2.66. The van der Waals surface area contributed by atoms with Crippen LogP contribution < -0.4 is 0 Å². The Morgan fingerprint density at radius 2 is 2.04 bits per heavy atom. The molecule has 2 fully saturated rings. The molecule has 1 N–H and O–H groups in total. The van der Waals surface area contributed by atoms with E-state index in [-0.39, 0.29) is 13.1 Å². The van der Waals surface area contributed by atoms with Gasteiger partial charge in [0.2, 0.25) is 0 Å². The van der Waals surface area contributed by atoms with Crippen molar-refractivity contribution in [3.05, 3.63) is 17.5 Å². The molecule has 1 saturated heterocycles. The van der Waals surface area contributed by atoms with E-state index in [2.05, 4.69) is 5.10 Å². The fourth-order valence-corrected chi connectivity index (χ4v) is 4.08. The molecule has 1 aliphatic carbocycles. The molecule has 1 aromatic rings. The number of hydrogen-bond acceptors (Lipinski definition) is 4. The van der Waals surface area contributed by atoms with Gasteiger partial charge in [-0.05, 0) is 12.8 Å². The third kappa shape index (κ3) is 3.17. The van der Waals surface area contributed by atoms with E-state index in [1.165, 1.54) is 19.3 Å². The van der Waals surface area contributed by atoms with Gasteiger partial charge in [-0.15, -0.1) is 0 Å². The molecule has 1 aliphatic heterocycles. The molecule has 2 heterocycles. The second-order valence-electron chi connectivity index (χ2n) is 7.27. The maximum absolute atomic E-state index is 14.0. The summed E-state index contributed by atoms with van der Waals surface area (Å²) >= 11 is 0. The lowest BCUT2D eigenvalue weighted by atomic mass is 9.84. The summed E-state index contributed by atoms with van der Waals surface area (Å²) in [6.45, 7) is 0.268. The molecule has 0 amide bonds. The fourth-order valence-electron chi connectivity index (χ4n) is 4.08. The van der Waals surface area contributed by atoms with Crippen molar-refractivity contribution in [2.24, 2.45) is 7.05 Å². The first-order valence-corrected chi connectivity index (χ1v) is 8.70. The molecule has 0 aromatic carbocycles. The van der Waals surface area contributed by atoms with E-state index in [0.717, 1.165) is 31.2 Å². The van der Waals surface area contributed by atoms with Gasteiger partial charge >= 0.3 is 11.9 Å². The summed E-state index contributed by atoms with van der Waals surface area (Å²) in [5.41, 5.74) is 0.145. The first kappa shape index (κ1) is 18.3. The second-order valence-corrected chi connectivity index (χ2v) is 7.27. The van der Waals surface area contributed by atoms with Crippen molar-refractivity contribution in [2.45, 2.75) is 56.1 Å². The number of ether oxygens (including phenoxy) is 1. The number of halogens is 2. The Balaban J connectivity index is 1.70. The lowest BCUT2D eigenvalue weighted by molar-refractivity contribution is -0.256. The Kier molecular flexibility index (Phi) is 4.85. The molecule has 2 aliphatic rings. The highest BCUT2D eigenvalue weighted by molar-refractivity contribution is 5.77. The predicted molar refractivity (Wildman–Crippen MR) is 86.6 cm³/mol. The van der Waals surface area contributed by atoms with Gasteiger partial charge in [-0.1, -0.05) is 19.3 Å². The van der Waals surface area contributed by atoms with Crippen LogP contribution in [-0.2, 0) is 23.1 Å². The first-order valence-electron chi connectivity index (χ1n) is 8.70. The van der Waals surface area contributed by atoms with Crippen molar-refractivity contribution in [3.8, 4) is 0 Å². The smallest absolute Gasteiger partial charge is 0.377 e. The molecule has 6 nitrogen and oxygen atoms in total. The van der Waals surface area contributed by atoms with Crippen LogP contribution in [0.15, 0.2) is 6.20 Å². The second kappa shape index (κ2) is 6.64. The number of rotatable bonds is 6. The molecule has 8 heteroatoms. The van der Waals surface area contributed by atoms with Gasteiger partial charge in [0.05, 0.1) is 5.69 Å². The third-order valence-electron chi connectivity index (χ3n) is 5.51. The van der Waals surface area contributed by atoms with E-state index in [4.69, 9.17) is 9.84 Å². The summed E-state index contributed by atoms with van der Waals surface area (Å²) < 4.78 is 34.6. The van der Waals surface area contributed by atoms with Gasteiger partial charge in [0.15, 0.2) is 5.60 Å². The molecular formula is C17H25F2N3O3. The first-order chi connectivity index (χ1) is 11.8. The minimum atomic E-state index is -3.90. The number of methoxy groups -OCH3 is 1. The van der Waals surface area contributed by atoms with Crippen molar-refractivity contribution in [2.75, 3.05) is 20.2 Å². The lowest BCUT2D eigenvalue weighted by Gasteiger charge is -2.50. The number of carboxylic acids is 1. The van der Waals surface area contributed by atoms with Crippen LogP contribution in [-0.4, -0.2) is 57.5 Å². The zero-order valence-electron chi connectivity index (χ0n) is 14.7. The van der Waals surface area contributed by atoms with Gasteiger partial charge < -0.3 is 9.84 Å². The Morgan fingerprint density at radius 1 is 1.40 bits per heavy atom. The lowest BCUT2D eigenvalue weighted by Crippen LogP contribution is -2.72. The van der Waals surface area contributed by atoms with Gasteiger partial charge in [-0.2, -0.15) is 13.9 Å². The summed E-state index contributed by atoms with van der Waals surface area (Å²) in [7, 11) is 3.01. The van der Waals surface area contributed by atoms with Crippen molar-refractivity contribution < 1.29 is 23.4 Å². The number of hydrogen-bond donors (Lipinski definition) is 1. The van der Waals surface area contributed by atoms with Crippen LogP contribution in [0.5, 0.6) is 0 Å². The summed E-state index contributed by atoms with van der Waals surface area (Å²) in [5.74, 6) is -5.61. The number of likely N-dealkylation sites (tertiary alicyclic amines) is 1. The quantitative estimate of drug-likeness (QED) is 0.847. The highest BCUT2D eigenvalue weighted by atomic mass is 19.3. The number of nitrogens with zero attached hydrogens (tertiary/aromatic N) is 3. The van der Waals surface area contributed by atoms with E-state index in [0.29, 0.717) is 12.5 Å². The zero-order valence-corrected chi connectivity index (χ0v) is 14.7. The molecular weight excluding hydrogens is 332 g/mol. The van der Waals surface area contributed by atoms with Gasteiger partial charge in [-0.3, -0.25) is 9.58 Å². The maximum atomic E-state index is 14.0. The van der Waals surface area contributed by atoms with Gasteiger partial charge in [0.1, 0.15) is 0 Å². The zero-order chi connectivity index (χ0) is 18.2. The van der Waals surface area contributed by atoms with Crippen molar-refractivity contribution >= 4 is 5.97 Å². The van der Waals surface area contributed by atoms with Crippen molar-refractivity contribution in [3.63, 3.8) is 0 Å². The summed E-state index contributed by atoms with van der Waals surface area (Å²) in [5, 5.41) is 13.4. The van der Waals surface area contributed by atoms with Crippen LogP contribution >= 0.6 is 0 Å².